The van der Waals surface area contributed by atoms with Crippen LogP contribution in [-0.4, -0.2) is 23.1 Å². The Bertz CT molecular complexity index is 1170. The summed E-state index contributed by atoms with van der Waals surface area (Å²) in [6.07, 6.45) is 0.0865. The Morgan fingerprint density at radius 1 is 0.875 bits per heavy atom. The number of para-hydroxylation sites is 1. The molecule has 1 unspecified atom stereocenters. The highest BCUT2D eigenvalue weighted by Crippen LogP contribution is 2.36. The van der Waals surface area contributed by atoms with Crippen molar-refractivity contribution in [1.29, 1.82) is 0 Å². The van der Waals surface area contributed by atoms with Gasteiger partial charge in [-0.25, -0.2) is 9.69 Å². The Morgan fingerprint density at radius 3 is 2.19 bits per heavy atom. The zero-order valence-electron chi connectivity index (χ0n) is 16.5. The maximum absolute atomic E-state index is 12.8. The minimum Gasteiger partial charge on any atom is -0.308 e. The third-order valence-electron chi connectivity index (χ3n) is 4.69. The van der Waals surface area contributed by atoms with Gasteiger partial charge in [-0.2, -0.15) is 0 Å². The fourth-order valence-electron chi connectivity index (χ4n) is 3.19. The number of anilines is 3. The zero-order chi connectivity index (χ0) is 22.7. The minimum atomic E-state index is -0.544. The SMILES string of the molecule is O=C(Nc1ccccc1)Nc1ccc(SC2CC(=O)N(c3ccc(Cl)c(Cl)c3)C2=O)cc1. The molecule has 32 heavy (non-hydrogen) atoms. The van der Waals surface area contributed by atoms with Gasteiger partial charge in [-0.1, -0.05) is 41.4 Å². The van der Waals surface area contributed by atoms with E-state index in [0.29, 0.717) is 22.1 Å². The van der Waals surface area contributed by atoms with Crippen molar-refractivity contribution in [3.63, 3.8) is 0 Å². The molecule has 4 rings (SSSR count). The quantitative estimate of drug-likeness (QED) is 0.430. The molecule has 162 valence electrons. The second-order valence-electron chi connectivity index (χ2n) is 6.95. The minimum absolute atomic E-state index is 0.0865. The number of hydrogen-bond donors (Lipinski definition) is 2. The summed E-state index contributed by atoms with van der Waals surface area (Å²) in [6, 6.07) is 20.5. The van der Waals surface area contributed by atoms with Crippen molar-refractivity contribution in [2.75, 3.05) is 15.5 Å². The van der Waals surface area contributed by atoms with Gasteiger partial charge in [0.15, 0.2) is 0 Å². The maximum atomic E-state index is 12.8. The van der Waals surface area contributed by atoms with E-state index in [-0.39, 0.29) is 29.3 Å². The van der Waals surface area contributed by atoms with Crippen molar-refractivity contribution >= 4 is 69.9 Å². The number of nitrogens with one attached hydrogen (secondary N) is 2. The van der Waals surface area contributed by atoms with E-state index in [1.165, 1.54) is 17.8 Å². The van der Waals surface area contributed by atoms with E-state index in [0.717, 1.165) is 9.80 Å². The van der Waals surface area contributed by atoms with Gasteiger partial charge < -0.3 is 10.6 Å². The topological polar surface area (TPSA) is 78.5 Å². The van der Waals surface area contributed by atoms with Crippen LogP contribution in [0.15, 0.2) is 77.7 Å². The summed E-state index contributed by atoms with van der Waals surface area (Å²) in [6.45, 7) is 0. The fraction of sp³-hybridized carbons (Fsp3) is 0.0870. The molecular weight excluding hydrogens is 469 g/mol. The Hall–Kier alpha value is -3.00. The second kappa shape index (κ2) is 9.65. The third-order valence-corrected chi connectivity index (χ3v) is 6.62. The van der Waals surface area contributed by atoms with Gasteiger partial charge in [0.05, 0.1) is 21.0 Å². The van der Waals surface area contributed by atoms with Crippen molar-refractivity contribution in [2.45, 2.75) is 16.6 Å². The Morgan fingerprint density at radius 2 is 1.53 bits per heavy atom. The summed E-state index contributed by atoms with van der Waals surface area (Å²) in [5, 5.41) is 5.58. The molecular formula is C23H17Cl2N3O3S. The van der Waals surface area contributed by atoms with Crippen LogP contribution in [-0.2, 0) is 9.59 Å². The number of nitrogens with zero attached hydrogens (tertiary/aromatic N) is 1. The monoisotopic (exact) mass is 485 g/mol. The summed E-state index contributed by atoms with van der Waals surface area (Å²) < 4.78 is 0. The number of imide groups is 1. The van der Waals surface area contributed by atoms with E-state index in [2.05, 4.69) is 10.6 Å². The van der Waals surface area contributed by atoms with Crippen LogP contribution in [0.25, 0.3) is 0 Å². The predicted molar refractivity (Wildman–Crippen MR) is 129 cm³/mol. The summed E-state index contributed by atoms with van der Waals surface area (Å²) in [7, 11) is 0. The summed E-state index contributed by atoms with van der Waals surface area (Å²) in [5.74, 6) is -0.593. The molecule has 1 aliphatic heterocycles. The second-order valence-corrected chi connectivity index (χ2v) is 9.04. The van der Waals surface area contributed by atoms with E-state index >= 15 is 0 Å². The lowest BCUT2D eigenvalue weighted by Gasteiger charge is -2.15. The van der Waals surface area contributed by atoms with Gasteiger partial charge in [-0.15, -0.1) is 11.8 Å². The number of carbonyl (C=O) groups excluding carboxylic acids is 3. The number of amides is 4. The first-order valence-electron chi connectivity index (χ1n) is 9.62. The van der Waals surface area contributed by atoms with Gasteiger partial charge in [0.2, 0.25) is 11.8 Å². The standard InChI is InChI=1S/C23H17Cl2N3O3S/c24-18-11-8-16(12-19(18)25)28-21(29)13-20(22(28)30)32-17-9-6-15(7-10-17)27-23(31)26-14-4-2-1-3-5-14/h1-12,20H,13H2,(H2,26,27,31). The molecule has 1 atom stereocenters. The van der Waals surface area contributed by atoms with Crippen molar-refractivity contribution in [2.24, 2.45) is 0 Å². The number of rotatable bonds is 5. The lowest BCUT2D eigenvalue weighted by Crippen LogP contribution is -2.31. The smallest absolute Gasteiger partial charge is 0.308 e. The van der Waals surface area contributed by atoms with Gasteiger partial charge >= 0.3 is 6.03 Å². The number of benzene rings is 3. The van der Waals surface area contributed by atoms with Crippen LogP contribution in [0, 0.1) is 0 Å². The molecule has 1 heterocycles. The van der Waals surface area contributed by atoms with E-state index in [1.54, 1.807) is 48.5 Å². The molecule has 2 N–H and O–H groups in total. The highest BCUT2D eigenvalue weighted by molar-refractivity contribution is 8.00. The lowest BCUT2D eigenvalue weighted by atomic mass is 10.3. The van der Waals surface area contributed by atoms with Crippen molar-refractivity contribution in [3.8, 4) is 0 Å². The molecule has 3 aromatic carbocycles. The molecule has 9 heteroatoms. The molecule has 0 aliphatic carbocycles. The predicted octanol–water partition coefficient (Wildman–Crippen LogP) is 6.06. The van der Waals surface area contributed by atoms with Gasteiger partial charge in [-0.3, -0.25) is 9.59 Å². The average Bonchev–Trinajstić information content (AvgIpc) is 3.05. The van der Waals surface area contributed by atoms with E-state index in [4.69, 9.17) is 23.2 Å². The highest BCUT2D eigenvalue weighted by atomic mass is 35.5. The van der Waals surface area contributed by atoms with E-state index in [9.17, 15) is 14.4 Å². The molecule has 0 spiro atoms. The first kappa shape index (κ1) is 22.2. The van der Waals surface area contributed by atoms with Gasteiger partial charge in [-0.05, 0) is 54.6 Å². The summed E-state index contributed by atoms with van der Waals surface area (Å²) >= 11 is 13.3. The first-order valence-corrected chi connectivity index (χ1v) is 11.3. The van der Waals surface area contributed by atoms with Crippen molar-refractivity contribution in [3.05, 3.63) is 82.8 Å². The highest BCUT2D eigenvalue weighted by Gasteiger charge is 2.40. The Labute approximate surface area is 198 Å². The van der Waals surface area contributed by atoms with Gasteiger partial charge in [0.25, 0.3) is 0 Å². The molecule has 0 radical (unpaired) electrons. The molecule has 1 saturated heterocycles. The number of halogens is 2. The zero-order valence-corrected chi connectivity index (χ0v) is 18.9. The van der Waals surface area contributed by atoms with Crippen LogP contribution in [0.3, 0.4) is 0 Å². The van der Waals surface area contributed by atoms with Crippen LogP contribution in [0.1, 0.15) is 6.42 Å². The van der Waals surface area contributed by atoms with Crippen LogP contribution < -0.4 is 15.5 Å². The summed E-state index contributed by atoms with van der Waals surface area (Å²) in [5.41, 5.74) is 1.70. The van der Waals surface area contributed by atoms with Crippen LogP contribution in [0.4, 0.5) is 21.9 Å². The third kappa shape index (κ3) is 5.07. The molecule has 0 bridgehead atoms. The number of carbonyl (C=O) groups is 3. The average molecular weight is 486 g/mol. The van der Waals surface area contributed by atoms with Crippen LogP contribution >= 0.6 is 35.0 Å². The number of hydrogen-bond acceptors (Lipinski definition) is 4. The maximum Gasteiger partial charge on any atom is 0.323 e. The summed E-state index contributed by atoms with van der Waals surface area (Å²) in [4.78, 5) is 39.4. The molecule has 1 fully saturated rings. The molecule has 1 aliphatic rings. The van der Waals surface area contributed by atoms with E-state index in [1.807, 2.05) is 18.2 Å². The molecule has 6 nitrogen and oxygen atoms in total. The fourth-order valence-corrected chi connectivity index (χ4v) is 4.53. The number of thioether (sulfide) groups is 1. The molecule has 0 aromatic heterocycles. The number of urea groups is 1. The normalized spacial score (nSPS) is 15.7. The Kier molecular flexibility index (Phi) is 6.69. The van der Waals surface area contributed by atoms with Crippen LogP contribution in [0.2, 0.25) is 10.0 Å². The first-order chi connectivity index (χ1) is 15.4. The molecule has 3 aromatic rings. The van der Waals surface area contributed by atoms with Crippen molar-refractivity contribution < 1.29 is 14.4 Å². The lowest BCUT2D eigenvalue weighted by molar-refractivity contribution is -0.121. The van der Waals surface area contributed by atoms with Crippen LogP contribution in [0.5, 0.6) is 0 Å². The van der Waals surface area contributed by atoms with E-state index < -0.39 is 5.25 Å². The largest absolute Gasteiger partial charge is 0.323 e. The molecule has 0 saturated carbocycles. The van der Waals surface area contributed by atoms with Gasteiger partial charge in [0.1, 0.15) is 0 Å². The molecule has 4 amide bonds. The van der Waals surface area contributed by atoms with Gasteiger partial charge in [0, 0.05) is 22.7 Å². The van der Waals surface area contributed by atoms with Crippen molar-refractivity contribution in [1.82, 2.24) is 0 Å². The Balaban J connectivity index is 1.38.